The monoisotopic (exact) mass is 761 g/mol. The van der Waals surface area contributed by atoms with Crippen molar-refractivity contribution in [2.24, 2.45) is 0 Å². The van der Waals surface area contributed by atoms with Gasteiger partial charge in [0.05, 0.1) is 40.2 Å². The molecule has 0 spiro atoms. The minimum absolute atomic E-state index is 0.355. The predicted molar refractivity (Wildman–Crippen MR) is 189 cm³/mol. The summed E-state index contributed by atoms with van der Waals surface area (Å²) in [5, 5.41) is 14.3. The van der Waals surface area contributed by atoms with Gasteiger partial charge in [-0.25, -0.2) is 28.5 Å². The van der Waals surface area contributed by atoms with Crippen LogP contribution >= 0.6 is 22.9 Å². The standard InChI is InChI=1S/C32H28ClF2N7O2S.C2HF3O2/c1-41(2)32-40-28(19-5-3-6-20(17-19)37-30(43)27-23(34)7-4-8-24(27)35)29(45-32)25-11-12-36-31(39-25)38-21-9-10-26(22(33)18-21)42-13-15-44-16-14-42;3-2(4,5)1(6)7/h3-12,17-18H,13-16H2,1-2H3,(H,37,43)(H,36,38,39);(H,6,7). The highest BCUT2D eigenvalue weighted by atomic mass is 35.5. The number of anilines is 5. The average molecular weight is 762 g/mol. The molecule has 1 amide bonds. The molecule has 52 heavy (non-hydrogen) atoms. The number of aromatic nitrogens is 3. The Balaban J connectivity index is 0.000000679. The molecule has 3 N–H and O–H groups in total. The first-order valence-electron chi connectivity index (χ1n) is 15.3. The lowest BCUT2D eigenvalue weighted by molar-refractivity contribution is -0.192. The summed E-state index contributed by atoms with van der Waals surface area (Å²) in [6, 6.07) is 17.7. The zero-order valence-electron chi connectivity index (χ0n) is 27.3. The van der Waals surface area contributed by atoms with Crippen LogP contribution in [-0.2, 0) is 9.53 Å². The highest BCUT2D eigenvalue weighted by molar-refractivity contribution is 7.19. The molecule has 6 rings (SSSR count). The molecule has 0 radical (unpaired) electrons. The van der Waals surface area contributed by atoms with Crippen LogP contribution in [0.15, 0.2) is 72.9 Å². The lowest BCUT2D eigenvalue weighted by atomic mass is 10.1. The van der Waals surface area contributed by atoms with Gasteiger partial charge in [-0.05, 0) is 48.5 Å². The van der Waals surface area contributed by atoms with Crippen molar-refractivity contribution < 1.29 is 41.4 Å². The van der Waals surface area contributed by atoms with Crippen molar-refractivity contribution in [3.05, 3.63) is 95.1 Å². The van der Waals surface area contributed by atoms with E-state index < -0.39 is 35.3 Å². The summed E-state index contributed by atoms with van der Waals surface area (Å²) in [4.78, 5) is 40.5. The number of hydrogen-bond donors (Lipinski definition) is 3. The first-order valence-corrected chi connectivity index (χ1v) is 16.5. The first-order chi connectivity index (χ1) is 24.7. The van der Waals surface area contributed by atoms with Gasteiger partial charge in [0.2, 0.25) is 5.95 Å². The van der Waals surface area contributed by atoms with E-state index in [1.165, 1.54) is 17.4 Å². The molecule has 1 aliphatic heterocycles. The highest BCUT2D eigenvalue weighted by Crippen LogP contribution is 2.40. The molecule has 0 atom stereocenters. The maximum atomic E-state index is 14.2. The Hall–Kier alpha value is -5.39. The van der Waals surface area contributed by atoms with Crippen LogP contribution in [0.3, 0.4) is 0 Å². The Morgan fingerprint density at radius 2 is 1.63 bits per heavy atom. The van der Waals surface area contributed by atoms with Gasteiger partial charge in [0, 0.05) is 50.3 Å². The summed E-state index contributed by atoms with van der Waals surface area (Å²) in [5.74, 6) is -5.15. The molecule has 18 heteroatoms. The molecule has 1 saturated heterocycles. The van der Waals surface area contributed by atoms with Crippen molar-refractivity contribution in [1.29, 1.82) is 0 Å². The van der Waals surface area contributed by atoms with Crippen LogP contribution in [0.4, 0.5) is 50.1 Å². The van der Waals surface area contributed by atoms with E-state index in [1.807, 2.05) is 43.3 Å². The number of carbonyl (C=O) groups is 2. The maximum Gasteiger partial charge on any atom is 0.490 e. The molecule has 0 bridgehead atoms. The number of alkyl halides is 3. The van der Waals surface area contributed by atoms with Gasteiger partial charge in [0.25, 0.3) is 5.91 Å². The second-order valence-electron chi connectivity index (χ2n) is 11.2. The smallest absolute Gasteiger partial charge is 0.475 e. The Kier molecular flexibility index (Phi) is 11.9. The number of thiazole rings is 1. The van der Waals surface area contributed by atoms with Crippen LogP contribution in [0.5, 0.6) is 0 Å². The van der Waals surface area contributed by atoms with Gasteiger partial charge in [-0.1, -0.05) is 41.1 Å². The molecule has 1 fully saturated rings. The third kappa shape index (κ3) is 9.28. The van der Waals surface area contributed by atoms with E-state index in [2.05, 4.69) is 20.5 Å². The molecule has 1 aliphatic rings. The summed E-state index contributed by atoms with van der Waals surface area (Å²) >= 11 is 8.08. The largest absolute Gasteiger partial charge is 0.490 e. The van der Waals surface area contributed by atoms with E-state index in [4.69, 9.17) is 36.2 Å². The molecular weight excluding hydrogens is 733 g/mol. The molecule has 272 valence electrons. The van der Waals surface area contributed by atoms with E-state index in [0.29, 0.717) is 46.8 Å². The lowest BCUT2D eigenvalue weighted by Crippen LogP contribution is -2.36. The number of nitrogens with zero attached hydrogens (tertiary/aromatic N) is 5. The number of rotatable bonds is 8. The molecule has 0 saturated carbocycles. The summed E-state index contributed by atoms with van der Waals surface area (Å²) in [6.07, 6.45) is -3.42. The zero-order chi connectivity index (χ0) is 37.6. The predicted octanol–water partition coefficient (Wildman–Crippen LogP) is 7.73. The molecule has 0 aliphatic carbocycles. The van der Waals surface area contributed by atoms with Crippen LogP contribution in [-0.4, -0.2) is 78.5 Å². The number of carboxylic acids is 1. The minimum Gasteiger partial charge on any atom is -0.475 e. The quantitative estimate of drug-likeness (QED) is 0.135. The van der Waals surface area contributed by atoms with E-state index in [0.717, 1.165) is 46.6 Å². The van der Waals surface area contributed by atoms with Crippen molar-refractivity contribution in [2.45, 2.75) is 6.18 Å². The molecule has 3 aromatic carbocycles. The summed E-state index contributed by atoms with van der Waals surface area (Å²) in [7, 11) is 3.78. The molecular formula is C34H29ClF5N7O4S. The molecule has 2 aromatic heterocycles. The van der Waals surface area contributed by atoms with Gasteiger partial charge in [-0.2, -0.15) is 13.2 Å². The first kappa shape index (κ1) is 37.9. The van der Waals surface area contributed by atoms with Crippen molar-refractivity contribution in [1.82, 2.24) is 15.0 Å². The van der Waals surface area contributed by atoms with E-state index in [1.54, 1.807) is 30.5 Å². The highest BCUT2D eigenvalue weighted by Gasteiger charge is 2.38. The Bertz CT molecular complexity index is 2060. The van der Waals surface area contributed by atoms with Crippen molar-refractivity contribution in [3.63, 3.8) is 0 Å². The number of carboxylic acid groups (broad SMARTS) is 1. The summed E-state index contributed by atoms with van der Waals surface area (Å²) in [6.45, 7) is 2.89. The van der Waals surface area contributed by atoms with Crippen LogP contribution in [0, 0.1) is 11.6 Å². The normalized spacial score (nSPS) is 12.8. The zero-order valence-corrected chi connectivity index (χ0v) is 28.9. The average Bonchev–Trinajstić information content (AvgIpc) is 3.55. The number of hydrogen-bond acceptors (Lipinski definition) is 10. The summed E-state index contributed by atoms with van der Waals surface area (Å²) in [5.41, 5.74) is 3.33. The van der Waals surface area contributed by atoms with E-state index in [-0.39, 0.29) is 0 Å². The third-order valence-electron chi connectivity index (χ3n) is 7.27. The Morgan fingerprint density at radius 3 is 2.27 bits per heavy atom. The molecule has 3 heterocycles. The van der Waals surface area contributed by atoms with E-state index >= 15 is 0 Å². The van der Waals surface area contributed by atoms with Crippen molar-refractivity contribution in [3.8, 4) is 21.8 Å². The molecule has 11 nitrogen and oxygen atoms in total. The number of benzene rings is 3. The number of halogens is 6. The number of nitrogens with one attached hydrogen (secondary N) is 2. The van der Waals surface area contributed by atoms with Crippen molar-refractivity contribution >= 4 is 63.0 Å². The fourth-order valence-electron chi connectivity index (χ4n) is 4.84. The number of amides is 1. The van der Waals surface area contributed by atoms with Crippen LogP contribution < -0.4 is 20.4 Å². The van der Waals surface area contributed by atoms with Crippen LogP contribution in [0.25, 0.3) is 21.8 Å². The van der Waals surface area contributed by atoms with Gasteiger partial charge < -0.3 is 30.3 Å². The van der Waals surface area contributed by atoms with Gasteiger partial charge in [0.15, 0.2) is 5.13 Å². The number of morpholine rings is 1. The van der Waals surface area contributed by atoms with Gasteiger partial charge in [-0.3, -0.25) is 4.79 Å². The minimum atomic E-state index is -5.08. The molecule has 0 unspecified atom stereocenters. The fourth-order valence-corrected chi connectivity index (χ4v) is 6.12. The lowest BCUT2D eigenvalue weighted by Gasteiger charge is -2.29. The Morgan fingerprint density at radius 1 is 0.962 bits per heavy atom. The third-order valence-corrected chi connectivity index (χ3v) is 8.82. The van der Waals surface area contributed by atoms with E-state index in [9.17, 15) is 26.7 Å². The topological polar surface area (TPSA) is 133 Å². The molecule has 5 aromatic rings. The number of carbonyl (C=O) groups excluding carboxylic acids is 1. The second-order valence-corrected chi connectivity index (χ2v) is 12.5. The summed E-state index contributed by atoms with van der Waals surface area (Å²) < 4.78 is 65.6. The van der Waals surface area contributed by atoms with Crippen molar-refractivity contribution in [2.75, 3.05) is 60.8 Å². The Labute approximate surface area is 302 Å². The van der Waals surface area contributed by atoms with Gasteiger partial charge >= 0.3 is 12.1 Å². The van der Waals surface area contributed by atoms with Gasteiger partial charge in [0.1, 0.15) is 17.2 Å². The maximum absolute atomic E-state index is 14.2. The van der Waals surface area contributed by atoms with Gasteiger partial charge in [-0.15, -0.1) is 0 Å². The van der Waals surface area contributed by atoms with Crippen LogP contribution in [0.1, 0.15) is 10.4 Å². The number of aliphatic carboxylic acids is 1. The fraction of sp³-hybridized carbons (Fsp3) is 0.206. The second kappa shape index (κ2) is 16.3. The number of ether oxygens (including phenoxy) is 1. The SMILES string of the molecule is CN(C)c1nc(-c2cccc(NC(=O)c3c(F)cccc3F)c2)c(-c2ccnc(Nc3ccc(N4CCOCC4)c(Cl)c3)n2)s1.O=C(O)C(F)(F)F. The van der Waals surface area contributed by atoms with Crippen LogP contribution in [0.2, 0.25) is 5.02 Å².